The summed E-state index contributed by atoms with van der Waals surface area (Å²) < 4.78 is 11.4. The Hall–Kier alpha value is -3.45. The van der Waals surface area contributed by atoms with Crippen LogP contribution in [0.5, 0.6) is 11.6 Å². The third-order valence-electron chi connectivity index (χ3n) is 6.44. The first kappa shape index (κ1) is 22.3. The number of piperidine rings is 1. The smallest absolute Gasteiger partial charge is 0.254 e. The van der Waals surface area contributed by atoms with Gasteiger partial charge in [-0.25, -0.2) is 9.97 Å². The van der Waals surface area contributed by atoms with Crippen LogP contribution in [0.1, 0.15) is 40.4 Å². The molecule has 1 amide bonds. The van der Waals surface area contributed by atoms with Gasteiger partial charge in [0.25, 0.3) is 5.91 Å². The van der Waals surface area contributed by atoms with Crippen LogP contribution >= 0.6 is 0 Å². The number of carbonyl (C=O) groups excluding carboxylic acids is 1. The van der Waals surface area contributed by atoms with Gasteiger partial charge in [-0.3, -0.25) is 4.79 Å². The van der Waals surface area contributed by atoms with Gasteiger partial charge in [-0.15, -0.1) is 0 Å². The van der Waals surface area contributed by atoms with Crippen LogP contribution in [0.3, 0.4) is 0 Å². The second-order valence-corrected chi connectivity index (χ2v) is 8.91. The summed E-state index contributed by atoms with van der Waals surface area (Å²) in [6, 6.07) is 17.5. The van der Waals surface area contributed by atoms with E-state index in [1.807, 2.05) is 66.4 Å². The average molecular weight is 459 g/mol. The highest BCUT2D eigenvalue weighted by molar-refractivity contribution is 5.95. The molecule has 4 heterocycles. The molecule has 0 spiro atoms. The summed E-state index contributed by atoms with van der Waals surface area (Å²) in [5.41, 5.74) is 2.83. The summed E-state index contributed by atoms with van der Waals surface area (Å²) in [5.74, 6) is 2.41. The SMILES string of the molecule is Cc1ccc(Oc2cccc([C@@H]3CCCN(C(=O)c4ccnc(N5CCOCC5)c4)C3)n2)cc1. The van der Waals surface area contributed by atoms with Crippen LogP contribution in [-0.2, 0) is 4.74 Å². The Kier molecular flexibility index (Phi) is 6.72. The molecule has 2 aliphatic heterocycles. The lowest BCUT2D eigenvalue weighted by Gasteiger charge is -2.33. The molecule has 0 aliphatic carbocycles. The molecule has 0 unspecified atom stereocenters. The fourth-order valence-electron chi connectivity index (χ4n) is 4.54. The number of rotatable bonds is 5. The van der Waals surface area contributed by atoms with Crippen molar-refractivity contribution in [3.63, 3.8) is 0 Å². The number of benzene rings is 1. The molecule has 1 aromatic carbocycles. The molecule has 2 fully saturated rings. The fourth-order valence-corrected chi connectivity index (χ4v) is 4.54. The van der Waals surface area contributed by atoms with Gasteiger partial charge in [-0.05, 0) is 50.1 Å². The molecule has 2 aromatic heterocycles. The monoisotopic (exact) mass is 458 g/mol. The number of nitrogens with zero attached hydrogens (tertiary/aromatic N) is 4. The molecule has 1 atom stereocenters. The number of aromatic nitrogens is 2. The lowest BCUT2D eigenvalue weighted by molar-refractivity contribution is 0.0705. The van der Waals surface area contributed by atoms with Crippen molar-refractivity contribution in [3.05, 3.63) is 77.6 Å². The maximum atomic E-state index is 13.4. The highest BCUT2D eigenvalue weighted by atomic mass is 16.5. The van der Waals surface area contributed by atoms with Gasteiger partial charge in [0.2, 0.25) is 5.88 Å². The Morgan fingerprint density at radius 3 is 2.71 bits per heavy atom. The molecule has 0 radical (unpaired) electrons. The van der Waals surface area contributed by atoms with E-state index in [2.05, 4.69) is 9.88 Å². The number of hydrogen-bond acceptors (Lipinski definition) is 6. The zero-order chi connectivity index (χ0) is 23.3. The van der Waals surface area contributed by atoms with Crippen molar-refractivity contribution >= 4 is 11.7 Å². The van der Waals surface area contributed by atoms with E-state index in [1.165, 1.54) is 5.56 Å². The molecule has 0 saturated carbocycles. The summed E-state index contributed by atoms with van der Waals surface area (Å²) >= 11 is 0. The van der Waals surface area contributed by atoms with Crippen molar-refractivity contribution in [2.75, 3.05) is 44.3 Å². The third kappa shape index (κ3) is 5.20. The minimum Gasteiger partial charge on any atom is -0.439 e. The Morgan fingerprint density at radius 1 is 1.06 bits per heavy atom. The number of anilines is 1. The predicted octanol–water partition coefficient (Wildman–Crippen LogP) is 4.43. The van der Waals surface area contributed by atoms with E-state index < -0.39 is 0 Å². The van der Waals surface area contributed by atoms with Crippen LogP contribution in [0, 0.1) is 6.92 Å². The largest absolute Gasteiger partial charge is 0.439 e. The first-order valence-electron chi connectivity index (χ1n) is 12.0. The topological polar surface area (TPSA) is 67.8 Å². The predicted molar refractivity (Wildman–Crippen MR) is 131 cm³/mol. The van der Waals surface area contributed by atoms with E-state index in [4.69, 9.17) is 14.5 Å². The second-order valence-electron chi connectivity index (χ2n) is 8.91. The number of hydrogen-bond donors (Lipinski definition) is 0. The molecule has 34 heavy (non-hydrogen) atoms. The highest BCUT2D eigenvalue weighted by Crippen LogP contribution is 2.29. The van der Waals surface area contributed by atoms with Crippen LogP contribution in [0.4, 0.5) is 5.82 Å². The van der Waals surface area contributed by atoms with Gasteiger partial charge < -0.3 is 19.3 Å². The maximum absolute atomic E-state index is 13.4. The van der Waals surface area contributed by atoms with Crippen LogP contribution in [-0.4, -0.2) is 60.2 Å². The van der Waals surface area contributed by atoms with E-state index in [0.29, 0.717) is 31.2 Å². The summed E-state index contributed by atoms with van der Waals surface area (Å²) in [4.78, 5) is 26.7. The number of carbonyl (C=O) groups is 1. The van der Waals surface area contributed by atoms with E-state index in [0.717, 1.165) is 49.7 Å². The summed E-state index contributed by atoms with van der Waals surface area (Å²) in [5, 5.41) is 0. The van der Waals surface area contributed by atoms with E-state index in [-0.39, 0.29) is 11.8 Å². The first-order valence-corrected chi connectivity index (χ1v) is 12.0. The van der Waals surface area contributed by atoms with Crippen molar-refractivity contribution in [3.8, 4) is 11.6 Å². The number of likely N-dealkylation sites (tertiary alicyclic amines) is 1. The van der Waals surface area contributed by atoms with Crippen molar-refractivity contribution < 1.29 is 14.3 Å². The van der Waals surface area contributed by atoms with Crippen LogP contribution < -0.4 is 9.64 Å². The van der Waals surface area contributed by atoms with E-state index in [9.17, 15) is 4.79 Å². The Balaban J connectivity index is 1.27. The third-order valence-corrected chi connectivity index (χ3v) is 6.44. The minimum absolute atomic E-state index is 0.0497. The normalized spacial score (nSPS) is 18.6. The molecular weight excluding hydrogens is 428 g/mol. The summed E-state index contributed by atoms with van der Waals surface area (Å²) in [6.45, 7) is 6.42. The van der Waals surface area contributed by atoms with Gasteiger partial charge in [-0.2, -0.15) is 0 Å². The molecule has 2 aliphatic rings. The van der Waals surface area contributed by atoms with Crippen molar-refractivity contribution in [2.45, 2.75) is 25.7 Å². The summed E-state index contributed by atoms with van der Waals surface area (Å²) in [6.07, 6.45) is 3.68. The quantitative estimate of drug-likeness (QED) is 0.563. The lowest BCUT2D eigenvalue weighted by Crippen LogP contribution is -2.40. The van der Waals surface area contributed by atoms with Crippen LogP contribution in [0.2, 0.25) is 0 Å². The molecule has 0 bridgehead atoms. The number of pyridine rings is 2. The van der Waals surface area contributed by atoms with E-state index >= 15 is 0 Å². The molecule has 7 heteroatoms. The second kappa shape index (κ2) is 10.2. The van der Waals surface area contributed by atoms with Crippen molar-refractivity contribution in [1.29, 1.82) is 0 Å². The number of morpholine rings is 1. The highest BCUT2D eigenvalue weighted by Gasteiger charge is 2.27. The van der Waals surface area contributed by atoms with Crippen molar-refractivity contribution in [1.82, 2.24) is 14.9 Å². The number of ether oxygens (including phenoxy) is 2. The molecular formula is C27H30N4O3. The van der Waals surface area contributed by atoms with E-state index in [1.54, 1.807) is 6.20 Å². The van der Waals surface area contributed by atoms with Crippen LogP contribution in [0.25, 0.3) is 0 Å². The molecule has 0 N–H and O–H groups in total. The van der Waals surface area contributed by atoms with Gasteiger partial charge in [0, 0.05) is 55.6 Å². The molecule has 176 valence electrons. The number of amides is 1. The van der Waals surface area contributed by atoms with Gasteiger partial charge in [0.1, 0.15) is 11.6 Å². The molecule has 5 rings (SSSR count). The molecule has 3 aromatic rings. The van der Waals surface area contributed by atoms with Gasteiger partial charge in [0.05, 0.1) is 13.2 Å². The van der Waals surface area contributed by atoms with Gasteiger partial charge >= 0.3 is 0 Å². The van der Waals surface area contributed by atoms with Gasteiger partial charge in [-0.1, -0.05) is 23.8 Å². The minimum atomic E-state index is 0.0497. The van der Waals surface area contributed by atoms with Crippen molar-refractivity contribution in [2.24, 2.45) is 0 Å². The zero-order valence-electron chi connectivity index (χ0n) is 19.5. The zero-order valence-corrected chi connectivity index (χ0v) is 19.5. The first-order chi connectivity index (χ1) is 16.7. The molecule has 7 nitrogen and oxygen atoms in total. The maximum Gasteiger partial charge on any atom is 0.254 e. The summed E-state index contributed by atoms with van der Waals surface area (Å²) in [7, 11) is 0. The van der Waals surface area contributed by atoms with Gasteiger partial charge in [0.15, 0.2) is 0 Å². The fraction of sp³-hybridized carbons (Fsp3) is 0.370. The number of aryl methyl sites for hydroxylation is 1. The Morgan fingerprint density at radius 2 is 1.88 bits per heavy atom. The standard InChI is InChI=1S/C27H30N4O3/c1-20-7-9-23(10-8-20)34-26-6-2-5-24(29-26)22-4-3-13-31(19-22)27(32)21-11-12-28-25(18-21)30-14-16-33-17-15-30/h2,5-12,18,22H,3-4,13-17,19H2,1H3/t22-/m1/s1. The van der Waals surface area contributed by atoms with Crippen LogP contribution in [0.15, 0.2) is 60.8 Å². The lowest BCUT2D eigenvalue weighted by atomic mass is 9.94. The Bertz CT molecular complexity index is 1130. The average Bonchev–Trinajstić information content (AvgIpc) is 2.90. The Labute approximate surface area is 200 Å². The molecule has 2 saturated heterocycles.